The molecule has 0 N–H and O–H groups in total. The van der Waals surface area contributed by atoms with Crippen LogP contribution in [0.3, 0.4) is 0 Å². The Morgan fingerprint density at radius 3 is 2.52 bits per heavy atom. The molecule has 10 heteroatoms. The van der Waals surface area contributed by atoms with E-state index in [1.165, 1.54) is 30.6 Å². The SMILES string of the molecule is CCS(=O)(=O)c1cnc2cc(Br)ccc2c1.FC(F)(F)n1ccc2ncccc21. The molecular formula is C19H15BrF3N3O2S. The van der Waals surface area contributed by atoms with Crippen LogP contribution in [-0.2, 0) is 16.1 Å². The van der Waals surface area contributed by atoms with E-state index in [1.807, 2.05) is 18.2 Å². The Morgan fingerprint density at radius 1 is 1.07 bits per heavy atom. The van der Waals surface area contributed by atoms with E-state index in [1.54, 1.807) is 13.0 Å². The Morgan fingerprint density at radius 2 is 1.83 bits per heavy atom. The summed E-state index contributed by atoms with van der Waals surface area (Å²) in [5.41, 5.74) is 1.21. The van der Waals surface area contributed by atoms with E-state index >= 15 is 0 Å². The van der Waals surface area contributed by atoms with E-state index in [0.717, 1.165) is 21.6 Å². The Balaban J connectivity index is 0.000000169. The molecular weight excluding hydrogens is 471 g/mol. The molecule has 0 atom stereocenters. The quantitative estimate of drug-likeness (QED) is 0.386. The van der Waals surface area contributed by atoms with Crippen LogP contribution in [0.2, 0.25) is 0 Å². The number of halogens is 4. The van der Waals surface area contributed by atoms with Gasteiger partial charge in [0.15, 0.2) is 9.84 Å². The fourth-order valence-corrected chi connectivity index (χ4v) is 3.80. The summed E-state index contributed by atoms with van der Waals surface area (Å²) in [6, 6.07) is 11.4. The second kappa shape index (κ2) is 8.11. The molecule has 3 aromatic heterocycles. The van der Waals surface area contributed by atoms with Gasteiger partial charge in [-0.25, -0.2) is 8.42 Å². The van der Waals surface area contributed by atoms with E-state index in [9.17, 15) is 21.6 Å². The van der Waals surface area contributed by atoms with Gasteiger partial charge in [-0.3, -0.25) is 14.5 Å². The van der Waals surface area contributed by atoms with Gasteiger partial charge >= 0.3 is 6.30 Å². The minimum absolute atomic E-state index is 0.0787. The van der Waals surface area contributed by atoms with Crippen molar-refractivity contribution in [3.8, 4) is 0 Å². The van der Waals surface area contributed by atoms with Gasteiger partial charge in [0.25, 0.3) is 0 Å². The van der Waals surface area contributed by atoms with Gasteiger partial charge in [0.2, 0.25) is 0 Å². The molecule has 0 aliphatic rings. The van der Waals surface area contributed by atoms with Crippen molar-refractivity contribution in [2.45, 2.75) is 18.1 Å². The summed E-state index contributed by atoms with van der Waals surface area (Å²) in [5.74, 6) is 0.0940. The lowest BCUT2D eigenvalue weighted by Crippen LogP contribution is -2.14. The third-order valence-corrected chi connectivity index (χ3v) is 6.29. The first-order valence-electron chi connectivity index (χ1n) is 8.39. The van der Waals surface area contributed by atoms with Gasteiger partial charge in [-0.2, -0.15) is 0 Å². The second-order valence-corrected chi connectivity index (χ2v) is 9.17. The standard InChI is InChI=1S/C11H10BrNO2S.C8H5F3N2/c1-2-16(14,15)10-5-8-3-4-9(12)6-11(8)13-7-10;9-8(10,11)13-5-3-6-7(13)2-1-4-12-6/h3-7H,2H2,1H3;1-5H. The summed E-state index contributed by atoms with van der Waals surface area (Å²) in [5, 5.41) is 0.831. The smallest absolute Gasteiger partial charge is 0.257 e. The number of fused-ring (bicyclic) bond motifs is 2. The number of hydrogen-bond acceptors (Lipinski definition) is 4. The number of alkyl halides is 3. The largest absolute Gasteiger partial charge is 0.488 e. The average Bonchev–Trinajstić information content (AvgIpc) is 3.12. The average molecular weight is 486 g/mol. The Labute approximate surface area is 173 Å². The molecule has 0 unspecified atom stereocenters. The summed E-state index contributed by atoms with van der Waals surface area (Å²) in [7, 11) is -3.17. The van der Waals surface area contributed by atoms with E-state index in [-0.39, 0.29) is 20.7 Å². The van der Waals surface area contributed by atoms with Crippen molar-refractivity contribution in [1.29, 1.82) is 0 Å². The number of pyridine rings is 2. The molecule has 29 heavy (non-hydrogen) atoms. The molecule has 3 heterocycles. The zero-order valence-corrected chi connectivity index (χ0v) is 17.5. The van der Waals surface area contributed by atoms with Crippen molar-refractivity contribution in [1.82, 2.24) is 14.5 Å². The van der Waals surface area contributed by atoms with Crippen LogP contribution in [0, 0.1) is 0 Å². The molecule has 0 bridgehead atoms. The lowest BCUT2D eigenvalue weighted by Gasteiger charge is -2.08. The fourth-order valence-electron chi connectivity index (χ4n) is 2.60. The summed E-state index contributed by atoms with van der Waals surface area (Å²) in [6.07, 6.45) is -0.529. The molecule has 152 valence electrons. The Kier molecular flexibility index (Phi) is 5.95. The van der Waals surface area contributed by atoms with Crippen LogP contribution in [0.15, 0.2) is 70.4 Å². The van der Waals surface area contributed by atoms with Crippen molar-refractivity contribution in [3.05, 3.63) is 65.5 Å². The molecule has 0 spiro atoms. The van der Waals surface area contributed by atoms with E-state index in [0.29, 0.717) is 5.52 Å². The number of aromatic nitrogens is 3. The van der Waals surface area contributed by atoms with Gasteiger partial charge in [0, 0.05) is 28.4 Å². The van der Waals surface area contributed by atoms with Gasteiger partial charge < -0.3 is 0 Å². The molecule has 4 rings (SSSR count). The minimum atomic E-state index is -4.37. The highest BCUT2D eigenvalue weighted by Crippen LogP contribution is 2.27. The fraction of sp³-hybridized carbons (Fsp3) is 0.158. The van der Waals surface area contributed by atoms with Crippen molar-refractivity contribution < 1.29 is 21.6 Å². The summed E-state index contributed by atoms with van der Waals surface area (Å²) in [6.45, 7) is 1.63. The molecule has 0 aliphatic heterocycles. The van der Waals surface area contributed by atoms with Crippen molar-refractivity contribution in [2.24, 2.45) is 0 Å². The van der Waals surface area contributed by atoms with Crippen LogP contribution in [0.4, 0.5) is 13.2 Å². The van der Waals surface area contributed by atoms with Gasteiger partial charge in [-0.05, 0) is 36.4 Å². The van der Waals surface area contributed by atoms with Crippen molar-refractivity contribution in [3.63, 3.8) is 0 Å². The zero-order chi connectivity index (χ0) is 21.2. The first kappa shape index (κ1) is 21.3. The predicted molar refractivity (Wildman–Crippen MR) is 108 cm³/mol. The van der Waals surface area contributed by atoms with Crippen molar-refractivity contribution >= 4 is 47.7 Å². The van der Waals surface area contributed by atoms with E-state index < -0.39 is 16.1 Å². The number of rotatable bonds is 2. The maximum Gasteiger partial charge on any atom is 0.488 e. The van der Waals surface area contributed by atoms with Crippen molar-refractivity contribution in [2.75, 3.05) is 5.75 Å². The minimum Gasteiger partial charge on any atom is -0.257 e. The van der Waals surface area contributed by atoms with E-state index in [2.05, 4.69) is 25.9 Å². The monoisotopic (exact) mass is 485 g/mol. The third kappa shape index (κ3) is 4.76. The van der Waals surface area contributed by atoms with Crippen LogP contribution in [0.25, 0.3) is 21.9 Å². The highest BCUT2D eigenvalue weighted by atomic mass is 79.9. The first-order valence-corrected chi connectivity index (χ1v) is 10.8. The summed E-state index contributed by atoms with van der Waals surface area (Å²) in [4.78, 5) is 8.22. The van der Waals surface area contributed by atoms with Crippen LogP contribution < -0.4 is 0 Å². The van der Waals surface area contributed by atoms with Gasteiger partial charge in [0.05, 0.1) is 27.2 Å². The molecule has 0 fully saturated rings. The number of sulfone groups is 1. The van der Waals surface area contributed by atoms with Crippen LogP contribution >= 0.6 is 15.9 Å². The molecule has 4 aromatic rings. The molecule has 0 radical (unpaired) electrons. The maximum atomic E-state index is 12.3. The van der Waals surface area contributed by atoms with Crippen LogP contribution in [0.5, 0.6) is 0 Å². The maximum absolute atomic E-state index is 12.3. The topological polar surface area (TPSA) is 64.8 Å². The summed E-state index contributed by atoms with van der Waals surface area (Å²) < 4.78 is 61.4. The highest BCUT2D eigenvalue weighted by molar-refractivity contribution is 9.10. The Hall–Kier alpha value is -2.46. The normalized spacial score (nSPS) is 12.0. The lowest BCUT2D eigenvalue weighted by atomic mass is 10.2. The molecule has 0 aliphatic carbocycles. The van der Waals surface area contributed by atoms with Gasteiger partial charge in [-0.1, -0.05) is 28.9 Å². The molecule has 0 saturated heterocycles. The predicted octanol–water partition coefficient (Wildman–Crippen LogP) is 5.30. The molecule has 5 nitrogen and oxygen atoms in total. The third-order valence-electron chi connectivity index (χ3n) is 4.09. The summed E-state index contributed by atoms with van der Waals surface area (Å²) >= 11 is 3.35. The zero-order valence-electron chi connectivity index (χ0n) is 15.1. The number of hydrogen-bond donors (Lipinski definition) is 0. The molecule has 0 amide bonds. The lowest BCUT2D eigenvalue weighted by molar-refractivity contribution is -0.200. The number of nitrogens with zero attached hydrogens (tertiary/aromatic N) is 3. The number of benzene rings is 1. The van der Waals surface area contributed by atoms with Crippen LogP contribution in [-0.4, -0.2) is 28.7 Å². The second-order valence-electron chi connectivity index (χ2n) is 5.97. The molecule has 1 aromatic carbocycles. The van der Waals surface area contributed by atoms with Crippen LogP contribution in [0.1, 0.15) is 6.92 Å². The van der Waals surface area contributed by atoms with Gasteiger partial charge in [0.1, 0.15) is 0 Å². The van der Waals surface area contributed by atoms with E-state index in [4.69, 9.17) is 0 Å². The highest BCUT2D eigenvalue weighted by Gasteiger charge is 2.31. The van der Waals surface area contributed by atoms with Gasteiger partial charge in [-0.15, -0.1) is 13.2 Å². The Bertz CT molecular complexity index is 1270. The molecule has 0 saturated carbocycles. The first-order chi connectivity index (χ1) is 13.6.